The van der Waals surface area contributed by atoms with Gasteiger partial charge in [-0.2, -0.15) is 0 Å². The van der Waals surface area contributed by atoms with Gasteiger partial charge in [0.1, 0.15) is 6.04 Å². The van der Waals surface area contributed by atoms with E-state index in [9.17, 15) is 19.5 Å². The number of amides is 3. The zero-order valence-electron chi connectivity index (χ0n) is 11.0. The Morgan fingerprint density at radius 3 is 2.67 bits per heavy atom. The number of carboxylic acid groups (broad SMARTS) is 1. The molecule has 1 aliphatic rings. The Hall–Kier alpha value is -2.61. The van der Waals surface area contributed by atoms with Crippen LogP contribution in [0.15, 0.2) is 24.3 Å². The number of likely N-dealkylation sites (tertiary alicyclic amines) is 1. The number of nitrogens with zero attached hydrogens (tertiary/aromatic N) is 1. The van der Waals surface area contributed by atoms with Crippen LogP contribution in [0.1, 0.15) is 16.8 Å². The van der Waals surface area contributed by atoms with Gasteiger partial charge in [0.25, 0.3) is 0 Å². The molecule has 0 radical (unpaired) electrons. The number of aliphatic hydroxyl groups is 1. The van der Waals surface area contributed by atoms with Crippen molar-refractivity contribution in [2.45, 2.75) is 18.6 Å². The van der Waals surface area contributed by atoms with Crippen molar-refractivity contribution >= 4 is 23.6 Å². The summed E-state index contributed by atoms with van der Waals surface area (Å²) >= 11 is 0. The smallest absolute Gasteiger partial charge is 0.326 e. The summed E-state index contributed by atoms with van der Waals surface area (Å²) in [6.45, 7) is -0.0572. The van der Waals surface area contributed by atoms with Gasteiger partial charge >= 0.3 is 12.0 Å². The Labute approximate surface area is 120 Å². The van der Waals surface area contributed by atoms with Crippen molar-refractivity contribution in [3.63, 3.8) is 0 Å². The molecule has 1 fully saturated rings. The maximum atomic E-state index is 12.1. The summed E-state index contributed by atoms with van der Waals surface area (Å²) in [5.74, 6) is -1.81. The van der Waals surface area contributed by atoms with Crippen LogP contribution in [0.5, 0.6) is 0 Å². The van der Waals surface area contributed by atoms with Crippen LogP contribution in [0.3, 0.4) is 0 Å². The zero-order valence-corrected chi connectivity index (χ0v) is 11.0. The van der Waals surface area contributed by atoms with Crippen LogP contribution in [0.2, 0.25) is 0 Å². The lowest BCUT2D eigenvalue weighted by molar-refractivity contribution is -0.141. The standard InChI is InChI=1S/C13H15N3O5/c14-11(18)7-2-1-3-8(4-7)15-13(21)16-6-9(17)5-10(16)12(19)20/h1-4,9-10,17H,5-6H2,(H2,14,18)(H,15,21)(H,19,20)/t9?,10-/m0/s1. The number of carbonyl (C=O) groups excluding carboxylic acids is 2. The van der Waals surface area contributed by atoms with Gasteiger partial charge in [-0.3, -0.25) is 4.79 Å². The Bertz CT molecular complexity index is 589. The van der Waals surface area contributed by atoms with E-state index >= 15 is 0 Å². The van der Waals surface area contributed by atoms with Gasteiger partial charge in [0.2, 0.25) is 5.91 Å². The number of benzene rings is 1. The number of urea groups is 1. The van der Waals surface area contributed by atoms with Crippen molar-refractivity contribution < 1.29 is 24.6 Å². The highest BCUT2D eigenvalue weighted by molar-refractivity contribution is 5.96. The Morgan fingerprint density at radius 1 is 1.33 bits per heavy atom. The van der Waals surface area contributed by atoms with Gasteiger partial charge in [-0.15, -0.1) is 0 Å². The number of hydrogen-bond acceptors (Lipinski definition) is 4. The second-order valence-corrected chi connectivity index (χ2v) is 4.77. The van der Waals surface area contributed by atoms with Crippen LogP contribution < -0.4 is 11.1 Å². The van der Waals surface area contributed by atoms with Crippen molar-refractivity contribution in [1.82, 2.24) is 4.90 Å². The van der Waals surface area contributed by atoms with Gasteiger partial charge in [-0.25, -0.2) is 9.59 Å². The van der Waals surface area contributed by atoms with Gasteiger partial charge in [0, 0.05) is 24.2 Å². The first-order valence-electron chi connectivity index (χ1n) is 6.27. The summed E-state index contributed by atoms with van der Waals surface area (Å²) in [5, 5.41) is 21.0. The van der Waals surface area contributed by atoms with E-state index in [-0.39, 0.29) is 18.5 Å². The molecule has 1 heterocycles. The predicted molar refractivity (Wildman–Crippen MR) is 72.7 cm³/mol. The summed E-state index contributed by atoms with van der Waals surface area (Å²) in [6.07, 6.45) is -0.877. The van der Waals surface area contributed by atoms with Crippen LogP contribution in [-0.2, 0) is 4.79 Å². The Morgan fingerprint density at radius 2 is 2.05 bits per heavy atom. The fourth-order valence-electron chi connectivity index (χ4n) is 2.22. The molecule has 1 aromatic carbocycles. The molecule has 1 unspecified atom stereocenters. The van der Waals surface area contributed by atoms with E-state index in [0.717, 1.165) is 4.90 Å². The number of rotatable bonds is 3. The molecule has 0 spiro atoms. The highest BCUT2D eigenvalue weighted by Gasteiger charge is 2.38. The average molecular weight is 293 g/mol. The number of primary amides is 1. The fourth-order valence-corrected chi connectivity index (χ4v) is 2.22. The van der Waals surface area contributed by atoms with Crippen molar-refractivity contribution in [1.29, 1.82) is 0 Å². The molecule has 2 atom stereocenters. The van der Waals surface area contributed by atoms with E-state index in [0.29, 0.717) is 5.69 Å². The van der Waals surface area contributed by atoms with Crippen LogP contribution in [0, 0.1) is 0 Å². The molecule has 0 aliphatic carbocycles. The number of anilines is 1. The molecular weight excluding hydrogens is 278 g/mol. The van der Waals surface area contributed by atoms with Crippen molar-refractivity contribution in [2.24, 2.45) is 5.73 Å². The predicted octanol–water partition coefficient (Wildman–Crippen LogP) is -0.163. The molecule has 112 valence electrons. The first-order valence-corrected chi connectivity index (χ1v) is 6.27. The quantitative estimate of drug-likeness (QED) is 0.614. The molecule has 1 aliphatic heterocycles. The second-order valence-electron chi connectivity index (χ2n) is 4.77. The van der Waals surface area contributed by atoms with E-state index < -0.39 is 30.1 Å². The molecule has 8 nitrogen and oxygen atoms in total. The fraction of sp³-hybridized carbons (Fsp3) is 0.308. The molecule has 0 aromatic heterocycles. The number of carbonyl (C=O) groups is 3. The maximum absolute atomic E-state index is 12.1. The molecule has 1 saturated heterocycles. The number of nitrogens with one attached hydrogen (secondary N) is 1. The molecule has 5 N–H and O–H groups in total. The molecule has 8 heteroatoms. The molecule has 0 bridgehead atoms. The zero-order chi connectivity index (χ0) is 15.6. The number of nitrogens with two attached hydrogens (primary N) is 1. The minimum Gasteiger partial charge on any atom is -0.480 e. The minimum absolute atomic E-state index is 0.00984. The third-order valence-corrected chi connectivity index (χ3v) is 3.22. The van der Waals surface area contributed by atoms with Crippen LogP contribution in [-0.4, -0.2) is 51.7 Å². The average Bonchev–Trinajstić information content (AvgIpc) is 2.81. The highest BCUT2D eigenvalue weighted by atomic mass is 16.4. The van der Waals surface area contributed by atoms with Crippen molar-refractivity contribution in [3.8, 4) is 0 Å². The topological polar surface area (TPSA) is 133 Å². The Balaban J connectivity index is 2.12. The summed E-state index contributed by atoms with van der Waals surface area (Å²) < 4.78 is 0. The minimum atomic E-state index is -1.17. The lowest BCUT2D eigenvalue weighted by Gasteiger charge is -2.21. The summed E-state index contributed by atoms with van der Waals surface area (Å²) in [6, 6.07) is 4.26. The second kappa shape index (κ2) is 5.80. The van der Waals surface area contributed by atoms with Crippen molar-refractivity contribution in [2.75, 3.05) is 11.9 Å². The molecule has 0 saturated carbocycles. The van der Waals surface area contributed by atoms with E-state index in [4.69, 9.17) is 10.8 Å². The number of aliphatic hydroxyl groups excluding tert-OH is 1. The lowest BCUT2D eigenvalue weighted by Crippen LogP contribution is -2.43. The monoisotopic (exact) mass is 293 g/mol. The number of hydrogen-bond donors (Lipinski definition) is 4. The van der Waals surface area contributed by atoms with Crippen LogP contribution in [0.4, 0.5) is 10.5 Å². The number of aliphatic carboxylic acids is 1. The maximum Gasteiger partial charge on any atom is 0.326 e. The third kappa shape index (κ3) is 3.29. The third-order valence-electron chi connectivity index (χ3n) is 3.22. The summed E-state index contributed by atoms with van der Waals surface area (Å²) in [5.41, 5.74) is 5.69. The molecular formula is C13H15N3O5. The lowest BCUT2D eigenvalue weighted by atomic mass is 10.2. The van der Waals surface area contributed by atoms with E-state index in [2.05, 4.69) is 5.32 Å². The van der Waals surface area contributed by atoms with E-state index in [1.807, 2.05) is 0 Å². The summed E-state index contributed by atoms with van der Waals surface area (Å²) in [7, 11) is 0. The molecule has 21 heavy (non-hydrogen) atoms. The van der Waals surface area contributed by atoms with Gasteiger partial charge in [0.05, 0.1) is 6.10 Å². The first-order chi connectivity index (χ1) is 9.88. The molecule has 2 rings (SSSR count). The highest BCUT2D eigenvalue weighted by Crippen LogP contribution is 2.20. The van der Waals surface area contributed by atoms with Crippen LogP contribution >= 0.6 is 0 Å². The molecule has 1 aromatic rings. The van der Waals surface area contributed by atoms with Crippen LogP contribution in [0.25, 0.3) is 0 Å². The summed E-state index contributed by atoms with van der Waals surface area (Å²) in [4.78, 5) is 35.3. The van der Waals surface area contributed by atoms with Gasteiger partial charge < -0.3 is 26.2 Å². The van der Waals surface area contributed by atoms with Crippen molar-refractivity contribution in [3.05, 3.63) is 29.8 Å². The largest absolute Gasteiger partial charge is 0.480 e. The van der Waals surface area contributed by atoms with E-state index in [1.54, 1.807) is 12.1 Å². The normalized spacial score (nSPS) is 21.1. The number of carboxylic acids is 1. The number of β-amino-alcohol motifs (C(OH)–C–C–N with tert-alkyl or cyclic N) is 1. The Kier molecular flexibility index (Phi) is 4.08. The first kappa shape index (κ1) is 14.8. The SMILES string of the molecule is NC(=O)c1cccc(NC(=O)N2CC(O)C[C@H]2C(=O)O)c1. The van der Waals surface area contributed by atoms with Gasteiger partial charge in [-0.1, -0.05) is 6.07 Å². The van der Waals surface area contributed by atoms with E-state index in [1.165, 1.54) is 12.1 Å². The van der Waals surface area contributed by atoms with Gasteiger partial charge in [0.15, 0.2) is 0 Å². The molecule has 3 amide bonds. The van der Waals surface area contributed by atoms with Gasteiger partial charge in [-0.05, 0) is 18.2 Å².